The average molecular weight is 418 g/mol. The molecule has 0 spiro atoms. The average Bonchev–Trinajstić information content (AvgIpc) is 2.75. The molecule has 0 aliphatic rings. The number of hydrogen-bond acceptors (Lipinski definition) is 3. The third kappa shape index (κ3) is 10.6. The molecule has 172 valence electrons. The van der Waals surface area contributed by atoms with Gasteiger partial charge in [-0.3, -0.25) is 0 Å². The van der Waals surface area contributed by atoms with E-state index in [1.807, 2.05) is 6.20 Å². The van der Waals surface area contributed by atoms with Crippen LogP contribution in [0.2, 0.25) is 0 Å². The maximum absolute atomic E-state index is 6.15. The Morgan fingerprint density at radius 2 is 1.50 bits per heavy atom. The molecule has 0 heterocycles. The van der Waals surface area contributed by atoms with Crippen molar-refractivity contribution in [1.82, 2.24) is 4.90 Å². The zero-order chi connectivity index (χ0) is 22.1. The molecule has 0 aromatic heterocycles. The van der Waals surface area contributed by atoms with E-state index in [4.69, 9.17) is 9.47 Å². The highest BCUT2D eigenvalue weighted by Crippen LogP contribution is 2.32. The second-order valence-corrected chi connectivity index (χ2v) is 8.42. The van der Waals surface area contributed by atoms with Gasteiger partial charge >= 0.3 is 0 Å². The van der Waals surface area contributed by atoms with Crippen LogP contribution in [0, 0.1) is 5.92 Å². The molecule has 1 aromatic rings. The summed E-state index contributed by atoms with van der Waals surface area (Å²) in [6.45, 7) is 15.9. The number of unbranched alkanes of at least 4 members (excludes halogenated alkanes) is 5. The molecule has 3 heteroatoms. The second kappa shape index (κ2) is 16.4. The van der Waals surface area contributed by atoms with Crippen LogP contribution in [-0.4, -0.2) is 30.4 Å². The van der Waals surface area contributed by atoms with Gasteiger partial charge in [0.1, 0.15) is 0 Å². The third-order valence-corrected chi connectivity index (χ3v) is 5.99. The fourth-order valence-electron chi connectivity index (χ4n) is 4.28. The minimum absolute atomic E-state index is 0.423. The van der Waals surface area contributed by atoms with Gasteiger partial charge in [-0.05, 0) is 51.8 Å². The SMILES string of the molecule is C=CN(CCCC(CCCCCCCC)C(C)(OCC)OCC)Cc1ccccc1. The molecule has 0 fully saturated rings. The summed E-state index contributed by atoms with van der Waals surface area (Å²) in [6, 6.07) is 10.6. The smallest absolute Gasteiger partial charge is 0.168 e. The van der Waals surface area contributed by atoms with Crippen LogP contribution in [0.3, 0.4) is 0 Å². The zero-order valence-electron chi connectivity index (χ0n) is 20.2. The Balaban J connectivity index is 2.60. The highest BCUT2D eigenvalue weighted by Gasteiger charge is 2.34. The van der Waals surface area contributed by atoms with Crippen LogP contribution in [0.25, 0.3) is 0 Å². The van der Waals surface area contributed by atoms with E-state index in [0.29, 0.717) is 19.1 Å². The first-order valence-electron chi connectivity index (χ1n) is 12.3. The minimum Gasteiger partial charge on any atom is -0.374 e. The summed E-state index contributed by atoms with van der Waals surface area (Å²) in [4.78, 5) is 2.32. The molecule has 0 bridgehead atoms. The number of nitrogens with zero attached hydrogens (tertiary/aromatic N) is 1. The Kier molecular flexibility index (Phi) is 14.6. The first-order chi connectivity index (χ1) is 14.6. The van der Waals surface area contributed by atoms with E-state index in [1.165, 1.54) is 50.5 Å². The molecule has 0 saturated heterocycles. The molecule has 30 heavy (non-hydrogen) atoms. The molecule has 1 atom stereocenters. The van der Waals surface area contributed by atoms with Crippen LogP contribution < -0.4 is 0 Å². The highest BCUT2D eigenvalue weighted by molar-refractivity contribution is 5.14. The van der Waals surface area contributed by atoms with Gasteiger partial charge in [0.25, 0.3) is 0 Å². The van der Waals surface area contributed by atoms with Gasteiger partial charge in [0.05, 0.1) is 0 Å². The van der Waals surface area contributed by atoms with Crippen LogP contribution >= 0.6 is 0 Å². The Morgan fingerprint density at radius 3 is 2.10 bits per heavy atom. The normalized spacial score (nSPS) is 12.7. The van der Waals surface area contributed by atoms with Gasteiger partial charge in [0.15, 0.2) is 5.79 Å². The maximum atomic E-state index is 6.15. The lowest BCUT2D eigenvalue weighted by atomic mass is 9.88. The van der Waals surface area contributed by atoms with Crippen molar-refractivity contribution in [2.75, 3.05) is 19.8 Å². The van der Waals surface area contributed by atoms with Crippen molar-refractivity contribution in [3.63, 3.8) is 0 Å². The standard InChI is InChI=1S/C27H47NO2/c1-6-10-11-12-13-17-21-26(27(5,29-8-3)30-9-4)22-18-23-28(7-2)24-25-19-15-14-16-20-25/h7,14-16,19-20,26H,2,6,8-13,17-18,21-24H2,1,3-5H3. The zero-order valence-corrected chi connectivity index (χ0v) is 20.2. The largest absolute Gasteiger partial charge is 0.374 e. The monoisotopic (exact) mass is 417 g/mol. The fraction of sp³-hybridized carbons (Fsp3) is 0.704. The number of hydrogen-bond donors (Lipinski definition) is 0. The summed E-state index contributed by atoms with van der Waals surface area (Å²) in [6.07, 6.45) is 13.3. The summed E-state index contributed by atoms with van der Waals surface area (Å²) in [7, 11) is 0. The summed E-state index contributed by atoms with van der Waals surface area (Å²) in [5.41, 5.74) is 1.33. The van der Waals surface area contributed by atoms with Crippen molar-refractivity contribution in [2.24, 2.45) is 5.92 Å². The van der Waals surface area contributed by atoms with E-state index in [9.17, 15) is 0 Å². The first-order valence-corrected chi connectivity index (χ1v) is 12.3. The summed E-state index contributed by atoms with van der Waals surface area (Å²) in [5.74, 6) is -0.0577. The van der Waals surface area contributed by atoms with Crippen LogP contribution in [0.1, 0.15) is 91.0 Å². The van der Waals surface area contributed by atoms with Crippen molar-refractivity contribution in [3.05, 3.63) is 48.7 Å². The Labute approximate surface area is 186 Å². The van der Waals surface area contributed by atoms with Crippen LogP contribution in [0.5, 0.6) is 0 Å². The van der Waals surface area contributed by atoms with Gasteiger partial charge < -0.3 is 14.4 Å². The molecular weight excluding hydrogens is 370 g/mol. The summed E-state index contributed by atoms with van der Waals surface area (Å²) < 4.78 is 12.3. The highest BCUT2D eigenvalue weighted by atomic mass is 16.7. The first kappa shape index (κ1) is 26.7. The number of rotatable bonds is 19. The fourth-order valence-corrected chi connectivity index (χ4v) is 4.28. The molecule has 1 aromatic carbocycles. The van der Waals surface area contributed by atoms with Crippen molar-refractivity contribution in [2.45, 2.75) is 97.8 Å². The van der Waals surface area contributed by atoms with Gasteiger partial charge in [-0.25, -0.2) is 0 Å². The number of benzene rings is 1. The Morgan fingerprint density at radius 1 is 0.900 bits per heavy atom. The Hall–Kier alpha value is -1.32. The molecule has 0 aliphatic carbocycles. The summed E-state index contributed by atoms with van der Waals surface area (Å²) >= 11 is 0. The van der Waals surface area contributed by atoms with E-state index in [0.717, 1.165) is 25.9 Å². The Bertz CT molecular complexity index is 525. The van der Waals surface area contributed by atoms with Crippen LogP contribution in [0.4, 0.5) is 0 Å². The summed E-state index contributed by atoms with van der Waals surface area (Å²) in [5, 5.41) is 0. The van der Waals surface area contributed by atoms with E-state index in [2.05, 4.69) is 69.5 Å². The topological polar surface area (TPSA) is 21.7 Å². The van der Waals surface area contributed by atoms with Gasteiger partial charge in [0, 0.05) is 32.2 Å². The lowest BCUT2D eigenvalue weighted by molar-refractivity contribution is -0.254. The maximum Gasteiger partial charge on any atom is 0.168 e. The molecule has 0 N–H and O–H groups in total. The molecule has 0 saturated carbocycles. The quantitative estimate of drug-likeness (QED) is 0.171. The van der Waals surface area contributed by atoms with Gasteiger partial charge in [-0.1, -0.05) is 82.4 Å². The van der Waals surface area contributed by atoms with Crippen LogP contribution in [0.15, 0.2) is 43.1 Å². The van der Waals surface area contributed by atoms with Crippen molar-refractivity contribution in [1.29, 1.82) is 0 Å². The van der Waals surface area contributed by atoms with Crippen molar-refractivity contribution >= 4 is 0 Å². The number of ether oxygens (including phenoxy) is 2. The molecule has 0 radical (unpaired) electrons. The third-order valence-electron chi connectivity index (χ3n) is 5.99. The van der Waals surface area contributed by atoms with Crippen molar-refractivity contribution in [3.8, 4) is 0 Å². The molecule has 3 nitrogen and oxygen atoms in total. The molecule has 1 rings (SSSR count). The lowest BCUT2D eigenvalue weighted by Gasteiger charge is -2.37. The predicted molar refractivity (Wildman–Crippen MR) is 129 cm³/mol. The van der Waals surface area contributed by atoms with E-state index >= 15 is 0 Å². The minimum atomic E-state index is -0.481. The van der Waals surface area contributed by atoms with Crippen LogP contribution in [-0.2, 0) is 16.0 Å². The molecule has 0 aliphatic heterocycles. The van der Waals surface area contributed by atoms with Gasteiger partial charge in [0.2, 0.25) is 0 Å². The van der Waals surface area contributed by atoms with E-state index < -0.39 is 5.79 Å². The molecule has 1 unspecified atom stereocenters. The van der Waals surface area contributed by atoms with Gasteiger partial charge in [-0.15, -0.1) is 0 Å². The van der Waals surface area contributed by atoms with Crippen molar-refractivity contribution < 1.29 is 9.47 Å². The predicted octanol–water partition coefficient (Wildman–Crippen LogP) is 7.57. The molecule has 0 amide bonds. The van der Waals surface area contributed by atoms with E-state index in [1.54, 1.807) is 0 Å². The lowest BCUT2D eigenvalue weighted by Crippen LogP contribution is -2.41. The van der Waals surface area contributed by atoms with Gasteiger partial charge in [-0.2, -0.15) is 0 Å². The molecular formula is C27H47NO2. The second-order valence-electron chi connectivity index (χ2n) is 8.42. The van der Waals surface area contributed by atoms with E-state index in [-0.39, 0.29) is 0 Å².